The van der Waals surface area contributed by atoms with E-state index in [9.17, 15) is 9.59 Å². The summed E-state index contributed by atoms with van der Waals surface area (Å²) in [6.07, 6.45) is -0.297. The van der Waals surface area contributed by atoms with Gasteiger partial charge in [0.15, 0.2) is 0 Å². The number of amides is 1. The summed E-state index contributed by atoms with van der Waals surface area (Å²) in [4.78, 5) is 24.4. The second-order valence-corrected chi connectivity index (χ2v) is 6.69. The highest BCUT2D eigenvalue weighted by atomic mass is 16.6. The largest absolute Gasteiger partial charge is 0.481 e. The average molecular weight is 301 g/mol. The lowest BCUT2D eigenvalue weighted by atomic mass is 10.0. The van der Waals surface area contributed by atoms with E-state index >= 15 is 0 Å². The smallest absolute Gasteiger partial charge is 0.410 e. The molecule has 2 fully saturated rings. The zero-order valence-electron chi connectivity index (χ0n) is 12.8. The maximum Gasteiger partial charge on any atom is 0.410 e. The van der Waals surface area contributed by atoms with Crippen molar-refractivity contribution in [1.82, 2.24) is 4.90 Å². The molecule has 2 heterocycles. The summed E-state index contributed by atoms with van der Waals surface area (Å²) in [5.74, 6) is -0.914. The van der Waals surface area contributed by atoms with E-state index in [1.807, 2.05) is 20.8 Å². The van der Waals surface area contributed by atoms with E-state index in [2.05, 4.69) is 0 Å². The number of hydrogen-bond acceptors (Lipinski definition) is 5. The molecule has 0 aromatic carbocycles. The van der Waals surface area contributed by atoms with E-state index in [1.54, 1.807) is 4.90 Å². The molecule has 0 aliphatic carbocycles. The fourth-order valence-corrected chi connectivity index (χ4v) is 2.63. The molecule has 7 nitrogen and oxygen atoms in total. The molecule has 2 rings (SSSR count). The summed E-state index contributed by atoms with van der Waals surface area (Å²) in [6, 6.07) is 0. The molecule has 1 N–H and O–H groups in total. The first-order valence-electron chi connectivity index (χ1n) is 7.14. The van der Waals surface area contributed by atoms with Gasteiger partial charge in [0.1, 0.15) is 11.2 Å². The van der Waals surface area contributed by atoms with Gasteiger partial charge in [-0.05, 0) is 27.2 Å². The second-order valence-electron chi connectivity index (χ2n) is 6.69. The van der Waals surface area contributed by atoms with Crippen molar-refractivity contribution in [3.05, 3.63) is 0 Å². The Morgan fingerprint density at radius 2 is 2.14 bits per heavy atom. The van der Waals surface area contributed by atoms with E-state index in [0.717, 1.165) is 0 Å². The van der Waals surface area contributed by atoms with E-state index in [1.165, 1.54) is 0 Å². The highest BCUT2D eigenvalue weighted by Gasteiger charge is 2.46. The number of carbonyl (C=O) groups is 2. The minimum atomic E-state index is -0.914. The number of carbonyl (C=O) groups excluding carboxylic acids is 1. The van der Waals surface area contributed by atoms with Crippen molar-refractivity contribution in [1.29, 1.82) is 0 Å². The lowest BCUT2D eigenvalue weighted by molar-refractivity contribution is -0.197. The van der Waals surface area contributed by atoms with Crippen LogP contribution in [-0.2, 0) is 19.0 Å². The molecule has 2 atom stereocenters. The van der Waals surface area contributed by atoms with Crippen LogP contribution in [0.2, 0.25) is 0 Å². The maximum absolute atomic E-state index is 12.1. The third-order valence-electron chi connectivity index (χ3n) is 3.46. The number of carboxylic acids is 1. The van der Waals surface area contributed by atoms with Crippen LogP contribution in [-0.4, -0.2) is 65.7 Å². The average Bonchev–Trinajstić information content (AvgIpc) is 2.70. The normalized spacial score (nSPS) is 29.7. The van der Waals surface area contributed by atoms with Crippen LogP contribution in [0.1, 0.15) is 33.6 Å². The van der Waals surface area contributed by atoms with Gasteiger partial charge >= 0.3 is 12.1 Å². The minimum absolute atomic E-state index is 0.0891. The molecular formula is C14H23NO6. The molecule has 0 saturated carbocycles. The number of nitrogens with zero attached hydrogens (tertiary/aromatic N) is 1. The summed E-state index contributed by atoms with van der Waals surface area (Å²) >= 11 is 0. The van der Waals surface area contributed by atoms with Gasteiger partial charge in [0, 0.05) is 6.54 Å². The first-order valence-corrected chi connectivity index (χ1v) is 7.14. The van der Waals surface area contributed by atoms with Gasteiger partial charge < -0.3 is 24.2 Å². The highest BCUT2D eigenvalue weighted by Crippen LogP contribution is 2.32. The van der Waals surface area contributed by atoms with E-state index in [0.29, 0.717) is 26.1 Å². The number of carboxylic acid groups (broad SMARTS) is 1. The van der Waals surface area contributed by atoms with Crippen LogP contribution >= 0.6 is 0 Å². The van der Waals surface area contributed by atoms with Crippen molar-refractivity contribution in [3.8, 4) is 0 Å². The summed E-state index contributed by atoms with van der Waals surface area (Å²) in [5, 5.41) is 8.84. The van der Waals surface area contributed by atoms with Gasteiger partial charge in [-0.15, -0.1) is 0 Å². The fourth-order valence-electron chi connectivity index (χ4n) is 2.63. The van der Waals surface area contributed by atoms with Crippen LogP contribution in [0.15, 0.2) is 0 Å². The minimum Gasteiger partial charge on any atom is -0.481 e. The molecule has 0 bridgehead atoms. The first-order chi connectivity index (χ1) is 9.69. The molecule has 0 aromatic rings. The van der Waals surface area contributed by atoms with Crippen molar-refractivity contribution in [2.24, 2.45) is 0 Å². The van der Waals surface area contributed by atoms with Crippen LogP contribution < -0.4 is 0 Å². The van der Waals surface area contributed by atoms with Crippen molar-refractivity contribution < 1.29 is 28.9 Å². The Balaban J connectivity index is 1.94. The number of hydrogen-bond donors (Lipinski definition) is 1. The third-order valence-corrected chi connectivity index (χ3v) is 3.46. The van der Waals surface area contributed by atoms with Crippen molar-refractivity contribution in [2.45, 2.75) is 50.9 Å². The quantitative estimate of drug-likeness (QED) is 0.826. The Bertz CT molecular complexity index is 418. The fraction of sp³-hybridized carbons (Fsp3) is 0.857. The standard InChI is InChI=1S/C14H23NO6/c1-13(2,3)21-12(18)15-5-4-14(8-15)9-19-7-10(20-14)6-11(16)17/h10H,4-9H2,1-3H3,(H,16,17). The van der Waals surface area contributed by atoms with Crippen LogP contribution in [0.25, 0.3) is 0 Å². The van der Waals surface area contributed by atoms with Crippen molar-refractivity contribution in [2.75, 3.05) is 26.3 Å². The molecule has 2 saturated heterocycles. The Morgan fingerprint density at radius 3 is 2.76 bits per heavy atom. The van der Waals surface area contributed by atoms with Gasteiger partial charge in [0.05, 0.1) is 32.3 Å². The van der Waals surface area contributed by atoms with Crippen molar-refractivity contribution in [3.63, 3.8) is 0 Å². The van der Waals surface area contributed by atoms with E-state index in [4.69, 9.17) is 19.3 Å². The van der Waals surface area contributed by atoms with E-state index < -0.39 is 23.3 Å². The van der Waals surface area contributed by atoms with Crippen molar-refractivity contribution >= 4 is 12.1 Å². The lowest BCUT2D eigenvalue weighted by Crippen LogP contribution is -2.50. The molecule has 1 spiro atoms. The van der Waals surface area contributed by atoms with Gasteiger partial charge in [-0.2, -0.15) is 0 Å². The van der Waals surface area contributed by atoms with Crippen LogP contribution in [0.3, 0.4) is 0 Å². The second kappa shape index (κ2) is 5.81. The van der Waals surface area contributed by atoms with Gasteiger partial charge in [-0.1, -0.05) is 0 Å². The monoisotopic (exact) mass is 301 g/mol. The summed E-state index contributed by atoms with van der Waals surface area (Å²) in [6.45, 7) is 7.01. The summed E-state index contributed by atoms with van der Waals surface area (Å²) < 4.78 is 16.7. The lowest BCUT2D eigenvalue weighted by Gasteiger charge is -2.37. The predicted octanol–water partition coefficient (Wildman–Crippen LogP) is 1.26. The number of ether oxygens (including phenoxy) is 3. The third kappa shape index (κ3) is 4.31. The number of aliphatic carboxylic acids is 1. The Morgan fingerprint density at radius 1 is 1.43 bits per heavy atom. The Kier molecular flexibility index (Phi) is 4.43. The molecule has 2 unspecified atom stereocenters. The maximum atomic E-state index is 12.1. The molecule has 1 amide bonds. The summed E-state index contributed by atoms with van der Waals surface area (Å²) in [5.41, 5.74) is -1.14. The van der Waals surface area contributed by atoms with Gasteiger partial charge in [-0.25, -0.2) is 4.79 Å². The van der Waals surface area contributed by atoms with Crippen LogP contribution in [0, 0.1) is 0 Å². The first kappa shape index (κ1) is 16.0. The van der Waals surface area contributed by atoms with Gasteiger partial charge in [0.2, 0.25) is 0 Å². The molecule has 120 valence electrons. The SMILES string of the molecule is CC(C)(C)OC(=O)N1CCC2(COCC(CC(=O)O)O2)C1. The topological polar surface area (TPSA) is 85.3 Å². The van der Waals surface area contributed by atoms with E-state index in [-0.39, 0.29) is 19.1 Å². The molecule has 0 aromatic heterocycles. The zero-order valence-corrected chi connectivity index (χ0v) is 12.8. The van der Waals surface area contributed by atoms with Crippen LogP contribution in [0.4, 0.5) is 4.79 Å². The Hall–Kier alpha value is -1.34. The van der Waals surface area contributed by atoms with Gasteiger partial charge in [-0.3, -0.25) is 4.79 Å². The molecule has 2 aliphatic heterocycles. The molecule has 7 heteroatoms. The molecular weight excluding hydrogens is 278 g/mol. The molecule has 0 radical (unpaired) electrons. The van der Waals surface area contributed by atoms with Crippen LogP contribution in [0.5, 0.6) is 0 Å². The summed E-state index contributed by atoms with van der Waals surface area (Å²) in [7, 11) is 0. The van der Waals surface area contributed by atoms with Gasteiger partial charge in [0.25, 0.3) is 0 Å². The zero-order chi connectivity index (χ0) is 15.7. The molecule has 2 aliphatic rings. The predicted molar refractivity (Wildman–Crippen MR) is 73.1 cm³/mol. The number of rotatable bonds is 2. The molecule has 21 heavy (non-hydrogen) atoms. The number of likely N-dealkylation sites (tertiary alicyclic amines) is 1. The highest BCUT2D eigenvalue weighted by molar-refractivity contribution is 5.69. The Labute approximate surface area is 124 Å².